The maximum atomic E-state index is 13.8. The SMILES string of the molecule is O=C(CC(CC(F)(F)C(F)(F)C(F)(F)C(F)F)C(=O)OS(=O)(=O)O)OCC(F)(F)C(F)(F)C(F)(F)C(F)F. The molecule has 0 aromatic carbocycles. The molecule has 1 atom stereocenters. The van der Waals surface area contributed by atoms with E-state index in [1.165, 1.54) is 0 Å². The standard InChI is InChI=1S/C14H10F16O7S/c15-7(16)11(23,24)13(27,28)9(19,20)2-4(6(32)37-38(33,34)35)1-5(31)36-3-10(21,22)14(29,30)12(25,26)8(17)18/h4,7-8H,1-3H2,(H,33,34,35). The monoisotopic (exact) mass is 626 g/mol. The van der Waals surface area contributed by atoms with Gasteiger partial charge in [-0.1, -0.05) is 0 Å². The molecule has 226 valence electrons. The lowest BCUT2D eigenvalue weighted by atomic mass is 9.91. The Morgan fingerprint density at radius 3 is 1.42 bits per heavy atom. The van der Waals surface area contributed by atoms with Crippen molar-refractivity contribution in [3.8, 4) is 0 Å². The van der Waals surface area contributed by atoms with E-state index in [2.05, 4.69) is 8.92 Å². The molecule has 24 heteroatoms. The molecule has 0 fully saturated rings. The van der Waals surface area contributed by atoms with Crippen LogP contribution in [0.1, 0.15) is 12.8 Å². The zero-order valence-corrected chi connectivity index (χ0v) is 18.0. The number of halogens is 16. The Kier molecular flexibility index (Phi) is 10.4. The van der Waals surface area contributed by atoms with Gasteiger partial charge in [0.2, 0.25) is 0 Å². The van der Waals surface area contributed by atoms with E-state index in [9.17, 15) is 88.3 Å². The Balaban J connectivity index is 6.04. The van der Waals surface area contributed by atoms with Crippen LogP contribution in [0.15, 0.2) is 0 Å². The van der Waals surface area contributed by atoms with Crippen molar-refractivity contribution in [2.24, 2.45) is 5.92 Å². The highest BCUT2D eigenvalue weighted by atomic mass is 32.3. The molecule has 0 heterocycles. The van der Waals surface area contributed by atoms with Crippen LogP contribution >= 0.6 is 0 Å². The van der Waals surface area contributed by atoms with Gasteiger partial charge >= 0.3 is 70.7 Å². The van der Waals surface area contributed by atoms with Gasteiger partial charge in [0.1, 0.15) is 0 Å². The second kappa shape index (κ2) is 11.1. The van der Waals surface area contributed by atoms with Crippen molar-refractivity contribution in [1.29, 1.82) is 0 Å². The van der Waals surface area contributed by atoms with Crippen LogP contribution < -0.4 is 0 Å². The minimum absolute atomic E-state index is 2.51. The van der Waals surface area contributed by atoms with Gasteiger partial charge < -0.3 is 8.92 Å². The molecule has 0 saturated carbocycles. The summed E-state index contributed by atoms with van der Waals surface area (Å²) in [5.74, 6) is -50.0. The van der Waals surface area contributed by atoms with Crippen LogP contribution in [0, 0.1) is 5.92 Å². The number of ether oxygens (including phenoxy) is 1. The molecule has 7 nitrogen and oxygen atoms in total. The lowest BCUT2D eigenvalue weighted by Gasteiger charge is -2.33. The quantitative estimate of drug-likeness (QED) is 0.171. The fourth-order valence-electron chi connectivity index (χ4n) is 2.13. The summed E-state index contributed by atoms with van der Waals surface area (Å²) in [4.78, 5) is 23.0. The molecule has 0 aliphatic heterocycles. The lowest BCUT2D eigenvalue weighted by molar-refractivity contribution is -0.344. The van der Waals surface area contributed by atoms with Crippen molar-refractivity contribution in [3.05, 3.63) is 0 Å². The zero-order valence-electron chi connectivity index (χ0n) is 17.2. The second-order valence-corrected chi connectivity index (χ2v) is 8.02. The molecule has 0 spiro atoms. The molecule has 0 radical (unpaired) electrons. The van der Waals surface area contributed by atoms with Crippen LogP contribution in [-0.2, 0) is 28.9 Å². The van der Waals surface area contributed by atoms with Gasteiger partial charge in [0.05, 0.1) is 12.3 Å². The van der Waals surface area contributed by atoms with Crippen LogP contribution in [0.3, 0.4) is 0 Å². The lowest BCUT2D eigenvalue weighted by Crippen LogP contribution is -2.59. The molecule has 0 aliphatic carbocycles. The fourth-order valence-corrected chi connectivity index (χ4v) is 2.48. The van der Waals surface area contributed by atoms with E-state index < -0.39 is 96.1 Å². The number of esters is 1. The van der Waals surface area contributed by atoms with Crippen molar-refractivity contribution in [2.45, 2.75) is 61.2 Å². The molecule has 0 aromatic heterocycles. The fraction of sp³-hybridized carbons (Fsp3) is 0.857. The van der Waals surface area contributed by atoms with Gasteiger partial charge in [0, 0.05) is 6.42 Å². The molecule has 0 amide bonds. The van der Waals surface area contributed by atoms with Crippen molar-refractivity contribution in [2.75, 3.05) is 6.61 Å². The van der Waals surface area contributed by atoms with E-state index in [1.54, 1.807) is 0 Å². The minimum atomic E-state index is -7.11. The van der Waals surface area contributed by atoms with Gasteiger partial charge in [0.25, 0.3) is 0 Å². The number of rotatable bonds is 14. The smallest absolute Gasteiger partial charge is 0.448 e. The summed E-state index contributed by atoms with van der Waals surface area (Å²) in [5.41, 5.74) is 0. The van der Waals surface area contributed by atoms with Crippen LogP contribution in [0.2, 0.25) is 0 Å². The van der Waals surface area contributed by atoms with Crippen LogP contribution in [0.5, 0.6) is 0 Å². The molecule has 1 unspecified atom stereocenters. The van der Waals surface area contributed by atoms with Gasteiger partial charge in [-0.15, -0.1) is 0 Å². The largest absolute Gasteiger partial charge is 0.459 e. The highest BCUT2D eigenvalue weighted by Gasteiger charge is 2.76. The first-order valence-corrected chi connectivity index (χ1v) is 10.0. The van der Waals surface area contributed by atoms with Crippen LogP contribution in [0.4, 0.5) is 70.2 Å². The Morgan fingerprint density at radius 2 is 1.08 bits per heavy atom. The molecule has 0 saturated heterocycles. The summed E-state index contributed by atoms with van der Waals surface area (Å²) in [5, 5.41) is 0. The number of hydrogen-bond donors (Lipinski definition) is 1. The molecule has 0 rings (SSSR count). The first kappa shape index (κ1) is 35.7. The summed E-state index contributed by atoms with van der Waals surface area (Å²) in [6, 6.07) is 0. The summed E-state index contributed by atoms with van der Waals surface area (Å²) in [7, 11) is -6.09. The van der Waals surface area contributed by atoms with Gasteiger partial charge in [-0.2, -0.15) is 61.1 Å². The molecule has 0 aliphatic rings. The van der Waals surface area contributed by atoms with Gasteiger partial charge in [-0.25, -0.2) is 17.6 Å². The summed E-state index contributed by atoms with van der Waals surface area (Å²) >= 11 is 0. The zero-order chi connectivity index (χ0) is 30.9. The number of hydrogen-bond acceptors (Lipinski definition) is 6. The van der Waals surface area contributed by atoms with Gasteiger partial charge in [0.15, 0.2) is 6.61 Å². The average molecular weight is 626 g/mol. The van der Waals surface area contributed by atoms with E-state index in [0.717, 1.165) is 0 Å². The molecular weight excluding hydrogens is 616 g/mol. The third-order valence-electron chi connectivity index (χ3n) is 4.16. The number of carbonyl (C=O) groups excluding carboxylic acids is 2. The van der Waals surface area contributed by atoms with E-state index in [1.807, 2.05) is 0 Å². The topological polar surface area (TPSA) is 107 Å². The Labute approximate surface area is 199 Å². The molecular formula is C14H10F16O7S. The summed E-state index contributed by atoms with van der Waals surface area (Å²) in [6.07, 6.45) is -16.7. The third kappa shape index (κ3) is 7.43. The van der Waals surface area contributed by atoms with Crippen LogP contribution in [0.25, 0.3) is 0 Å². The maximum absolute atomic E-state index is 13.8. The normalized spacial score (nSPS) is 15.6. The van der Waals surface area contributed by atoms with Crippen molar-refractivity contribution >= 4 is 22.3 Å². The van der Waals surface area contributed by atoms with Crippen LogP contribution in [-0.4, -0.2) is 79.9 Å². The van der Waals surface area contributed by atoms with Crippen molar-refractivity contribution < 1.29 is 102 Å². The molecule has 1 N–H and O–H groups in total. The Morgan fingerprint density at radius 1 is 0.711 bits per heavy atom. The van der Waals surface area contributed by atoms with E-state index in [-0.39, 0.29) is 0 Å². The van der Waals surface area contributed by atoms with Gasteiger partial charge in [-0.3, -0.25) is 14.1 Å². The second-order valence-electron chi connectivity index (χ2n) is 7.00. The minimum Gasteiger partial charge on any atom is -0.459 e. The third-order valence-corrected chi connectivity index (χ3v) is 4.53. The van der Waals surface area contributed by atoms with E-state index in [4.69, 9.17) is 4.55 Å². The Hall–Kier alpha value is -2.27. The summed E-state index contributed by atoms with van der Waals surface area (Å²) in [6.45, 7) is -3.31. The average Bonchev–Trinajstić information content (AvgIpc) is 2.69. The molecule has 38 heavy (non-hydrogen) atoms. The molecule has 0 bridgehead atoms. The predicted molar refractivity (Wildman–Crippen MR) is 83.0 cm³/mol. The number of carbonyl (C=O) groups is 2. The first-order chi connectivity index (χ1) is 16.5. The molecule has 0 aromatic rings. The summed E-state index contributed by atoms with van der Waals surface area (Å²) < 4.78 is 242. The van der Waals surface area contributed by atoms with E-state index >= 15 is 0 Å². The van der Waals surface area contributed by atoms with Crippen molar-refractivity contribution in [3.63, 3.8) is 0 Å². The highest BCUT2D eigenvalue weighted by molar-refractivity contribution is 7.81. The number of alkyl halides is 16. The highest BCUT2D eigenvalue weighted by Crippen LogP contribution is 2.51. The van der Waals surface area contributed by atoms with Crippen molar-refractivity contribution in [1.82, 2.24) is 0 Å². The maximum Gasteiger partial charge on any atom is 0.448 e. The van der Waals surface area contributed by atoms with E-state index in [0.29, 0.717) is 0 Å². The first-order valence-electron chi connectivity index (χ1n) is 8.67. The van der Waals surface area contributed by atoms with Gasteiger partial charge in [-0.05, 0) is 0 Å². The predicted octanol–water partition coefficient (Wildman–Crippen LogP) is 4.61. The Bertz CT molecular complexity index is 966.